The van der Waals surface area contributed by atoms with Crippen molar-refractivity contribution in [1.82, 2.24) is 0 Å². The first-order valence-corrected chi connectivity index (χ1v) is 4.35. The summed E-state index contributed by atoms with van der Waals surface area (Å²) in [5, 5.41) is 0. The second-order valence-corrected chi connectivity index (χ2v) is 2.76. The van der Waals surface area contributed by atoms with E-state index in [0.29, 0.717) is 0 Å². The number of hydrogen-bond donors (Lipinski definition) is 3. The van der Waals surface area contributed by atoms with Gasteiger partial charge in [0.25, 0.3) is 0 Å². The predicted octanol–water partition coefficient (Wildman–Crippen LogP) is -2.65. The average molecular weight is 234 g/mol. The summed E-state index contributed by atoms with van der Waals surface area (Å²) in [5.41, 5.74) is 0. The van der Waals surface area contributed by atoms with Crippen molar-refractivity contribution in [3.8, 4) is 0 Å². The fraction of sp³-hybridized carbons (Fsp3) is 0. The van der Waals surface area contributed by atoms with E-state index in [-0.39, 0.29) is 37.7 Å². The monoisotopic (exact) mass is 234 g/mol. The van der Waals surface area contributed by atoms with Crippen molar-refractivity contribution >= 4 is 56.0 Å². The summed E-state index contributed by atoms with van der Waals surface area (Å²) in [4.78, 5) is 21.6. The number of hydrogen-bond acceptors (Lipinski definition) is 5. The van der Waals surface area contributed by atoms with E-state index in [1.165, 1.54) is 0 Å². The third kappa shape index (κ3) is 624. The number of rotatable bonds is 0. The van der Waals surface area contributed by atoms with Crippen molar-refractivity contribution in [2.45, 2.75) is 0 Å². The van der Waals surface area contributed by atoms with Crippen LogP contribution in [0.1, 0.15) is 0 Å². The van der Waals surface area contributed by atoms with Crippen LogP contribution in [0.2, 0.25) is 0 Å². The minimum atomic E-state index is -5.17. The van der Waals surface area contributed by atoms with Crippen molar-refractivity contribution in [1.29, 1.82) is 0 Å². The molecule has 0 spiro atoms. The molecule has 3 N–H and O–H groups in total. The van der Waals surface area contributed by atoms with E-state index in [4.69, 9.17) is 36.8 Å². The topological polar surface area (TPSA) is 158 Å². The van der Waals surface area contributed by atoms with Crippen LogP contribution in [0, 0.1) is 0 Å². The molecule has 0 aliphatic rings. The zero-order chi connectivity index (χ0) is 9.00. The van der Waals surface area contributed by atoms with Gasteiger partial charge in [-0.3, -0.25) is 8.42 Å². The summed E-state index contributed by atoms with van der Waals surface area (Å²) in [7, 11) is -9.81. The molecule has 0 aromatic rings. The van der Waals surface area contributed by atoms with Gasteiger partial charge in [-0.1, -0.05) is 0 Å². The van der Waals surface area contributed by atoms with Gasteiger partial charge in [0, 0.05) is 10.4 Å². The summed E-state index contributed by atoms with van der Waals surface area (Å²) >= 11 is 0. The van der Waals surface area contributed by atoms with Crippen LogP contribution in [-0.2, 0) is 15.0 Å². The maximum Gasteiger partial charge on any atom is 2.00 e. The predicted molar refractivity (Wildman–Crippen MR) is 30.5 cm³/mol. The molecular weight excluding hydrogens is 231 g/mol. The Labute approximate surface area is 92.1 Å². The Hall–Kier alpha value is 1.24. The van der Waals surface area contributed by atoms with Gasteiger partial charge in [-0.15, -0.1) is 0 Å². The van der Waals surface area contributed by atoms with Crippen LogP contribution in [0.5, 0.6) is 0 Å². The van der Waals surface area contributed by atoms with Crippen LogP contribution in [0.15, 0.2) is 0 Å². The van der Waals surface area contributed by atoms with Gasteiger partial charge in [0.2, 0.25) is 0 Å². The van der Waals surface area contributed by atoms with Crippen molar-refractivity contribution in [3.05, 3.63) is 0 Å². The van der Waals surface area contributed by atoms with E-state index >= 15 is 0 Å². The Kier molecular flexibility index (Phi) is 11.1. The second-order valence-electron chi connectivity index (χ2n) is 0.922. The second kappa shape index (κ2) is 6.72. The smallest absolute Gasteiger partial charge is 0.759 e. The quantitative estimate of drug-likeness (QED) is 0.177. The summed E-state index contributed by atoms with van der Waals surface area (Å²) < 4.78 is 43.0. The van der Waals surface area contributed by atoms with Crippen LogP contribution in [-0.4, -0.2) is 69.9 Å². The van der Waals surface area contributed by atoms with Crippen molar-refractivity contribution < 1.29 is 36.8 Å². The van der Waals surface area contributed by atoms with E-state index in [0.717, 1.165) is 0 Å². The van der Waals surface area contributed by atoms with Crippen LogP contribution >= 0.6 is 7.82 Å². The largest absolute Gasteiger partial charge is 2.00 e. The van der Waals surface area contributed by atoms with Gasteiger partial charge in [-0.05, 0) is 0 Å². The molecule has 0 saturated carbocycles. The molecule has 0 aliphatic heterocycles. The van der Waals surface area contributed by atoms with Crippen LogP contribution < -0.4 is 0 Å². The normalized spacial score (nSPS) is 10.6. The van der Waals surface area contributed by atoms with Crippen LogP contribution in [0.3, 0.4) is 0 Å². The van der Waals surface area contributed by atoms with Gasteiger partial charge in [-0.25, -0.2) is 4.57 Å². The van der Waals surface area contributed by atoms with Gasteiger partial charge in [0.1, 0.15) is 0 Å². The minimum absolute atomic E-state index is 0. The molecule has 0 radical (unpaired) electrons. The molecule has 11 heteroatoms. The Morgan fingerprint density at radius 3 is 1.09 bits per heavy atom. The molecule has 0 heterocycles. The average Bonchev–Trinajstić information content (AvgIpc) is 1.12. The van der Waals surface area contributed by atoms with Crippen molar-refractivity contribution in [2.24, 2.45) is 0 Å². The molecule has 0 amide bonds. The fourth-order valence-corrected chi connectivity index (χ4v) is 0. The Morgan fingerprint density at radius 2 is 1.09 bits per heavy atom. The molecule has 11 heavy (non-hydrogen) atoms. The summed E-state index contributed by atoms with van der Waals surface area (Å²) in [6, 6.07) is 0. The van der Waals surface area contributed by atoms with Crippen molar-refractivity contribution in [2.75, 3.05) is 0 Å². The summed E-state index contributed by atoms with van der Waals surface area (Å²) in [6.07, 6.45) is 0. The van der Waals surface area contributed by atoms with Gasteiger partial charge in [0.05, 0.1) is 0 Å². The van der Waals surface area contributed by atoms with Gasteiger partial charge in [0.15, 0.2) is 0 Å². The van der Waals surface area contributed by atoms with Gasteiger partial charge < -0.3 is 23.8 Å². The fourth-order valence-electron chi connectivity index (χ4n) is 0. The number of phosphoric acid groups is 1. The molecule has 0 aromatic heterocycles. The molecule has 0 saturated heterocycles. The third-order valence-corrected chi connectivity index (χ3v) is 0. The first kappa shape index (κ1) is 18.1. The van der Waals surface area contributed by atoms with E-state index in [1.54, 1.807) is 0 Å². The molecule has 0 atom stereocenters. The third-order valence-electron chi connectivity index (χ3n) is 0. The molecular formula is H3CaO8PS. The first-order valence-electron chi connectivity index (χ1n) is 1.45. The molecule has 0 aromatic carbocycles. The van der Waals surface area contributed by atoms with Crippen molar-refractivity contribution in [3.63, 3.8) is 0 Å². The van der Waals surface area contributed by atoms with E-state index < -0.39 is 18.2 Å². The Bertz CT molecular complexity index is 192. The maximum atomic E-state index is 8.88. The molecule has 0 bridgehead atoms. The zero-order valence-electron chi connectivity index (χ0n) is 4.95. The standard InChI is InChI=1S/Ca.H3O4P.H2O4S/c;2*1-5(2,3)4/h;(H3,1,2,3,4);(H2,1,2,3,4)/q+2;;/p-2. The molecule has 64 valence electrons. The molecule has 8 nitrogen and oxygen atoms in total. The van der Waals surface area contributed by atoms with E-state index in [1.807, 2.05) is 0 Å². The van der Waals surface area contributed by atoms with Gasteiger partial charge in [-0.2, -0.15) is 0 Å². The minimum Gasteiger partial charge on any atom is -0.759 e. The molecule has 0 unspecified atom stereocenters. The first-order chi connectivity index (χ1) is 4.00. The molecule has 0 fully saturated rings. The Balaban J connectivity index is -0.000000107. The maximum absolute atomic E-state index is 8.88. The van der Waals surface area contributed by atoms with E-state index in [2.05, 4.69) is 0 Å². The van der Waals surface area contributed by atoms with E-state index in [9.17, 15) is 0 Å². The Morgan fingerprint density at radius 1 is 1.09 bits per heavy atom. The summed E-state index contributed by atoms with van der Waals surface area (Å²) in [6.45, 7) is 0. The molecule has 0 rings (SSSR count). The SMILES string of the molecule is O=P(O)(O)O.O=S(=O)([O-])[O-].[Ca+2]. The zero-order valence-corrected chi connectivity index (χ0v) is 8.86. The summed E-state index contributed by atoms with van der Waals surface area (Å²) in [5.74, 6) is 0. The van der Waals surface area contributed by atoms with Crippen LogP contribution in [0.25, 0.3) is 0 Å². The van der Waals surface area contributed by atoms with Gasteiger partial charge >= 0.3 is 45.6 Å². The molecule has 0 aliphatic carbocycles. The van der Waals surface area contributed by atoms with Crippen LogP contribution in [0.4, 0.5) is 0 Å².